The van der Waals surface area contributed by atoms with Crippen LogP contribution in [0.25, 0.3) is 0 Å². The zero-order valence-electron chi connectivity index (χ0n) is 10.6. The highest BCUT2D eigenvalue weighted by molar-refractivity contribution is 7.98. The summed E-state index contributed by atoms with van der Waals surface area (Å²) >= 11 is 13.4. The zero-order chi connectivity index (χ0) is 14.7. The minimum Gasteiger partial charge on any atom is -0.456 e. The fraction of sp³-hybridized carbons (Fsp3) is 0.0714. The molecular formula is C14H12Cl2N2OS. The Hall–Kier alpha value is -1.36. The molecular weight excluding hydrogens is 315 g/mol. The molecule has 2 aromatic carbocycles. The lowest BCUT2D eigenvalue weighted by atomic mass is 10.2. The van der Waals surface area contributed by atoms with Crippen LogP contribution in [0, 0.1) is 5.41 Å². The average molecular weight is 327 g/mol. The van der Waals surface area contributed by atoms with Gasteiger partial charge in [-0.2, -0.15) is 0 Å². The summed E-state index contributed by atoms with van der Waals surface area (Å²) in [6, 6.07) is 10.4. The topological polar surface area (TPSA) is 59.1 Å². The molecule has 0 atom stereocenters. The normalized spacial score (nSPS) is 10.3. The zero-order valence-corrected chi connectivity index (χ0v) is 12.9. The Bertz CT molecular complexity index is 641. The highest BCUT2D eigenvalue weighted by Gasteiger charge is 2.13. The third kappa shape index (κ3) is 3.39. The summed E-state index contributed by atoms with van der Waals surface area (Å²) in [5.41, 5.74) is 6.21. The van der Waals surface area contributed by atoms with Gasteiger partial charge >= 0.3 is 0 Å². The summed E-state index contributed by atoms with van der Waals surface area (Å²) in [6.45, 7) is 0. The molecule has 0 saturated heterocycles. The van der Waals surface area contributed by atoms with E-state index in [4.69, 9.17) is 39.1 Å². The van der Waals surface area contributed by atoms with Gasteiger partial charge < -0.3 is 10.5 Å². The first kappa shape index (κ1) is 15.0. The molecule has 0 bridgehead atoms. The van der Waals surface area contributed by atoms with Crippen molar-refractivity contribution in [2.45, 2.75) is 4.90 Å². The van der Waals surface area contributed by atoms with Crippen molar-refractivity contribution >= 4 is 40.8 Å². The lowest BCUT2D eigenvalue weighted by molar-refractivity contribution is 0.480. The Labute approximate surface area is 131 Å². The van der Waals surface area contributed by atoms with Crippen LogP contribution in [-0.4, -0.2) is 12.1 Å². The predicted octanol–water partition coefficient (Wildman–Crippen LogP) is 4.79. The van der Waals surface area contributed by atoms with Crippen molar-refractivity contribution in [2.24, 2.45) is 5.73 Å². The maximum absolute atomic E-state index is 7.70. The SMILES string of the molecule is CSc1cccc(Oc2cc(Cl)cc(Cl)c2)c1C(=N)N. The number of nitrogens with one attached hydrogen (secondary N) is 1. The van der Waals surface area contributed by atoms with Crippen LogP contribution in [0.4, 0.5) is 0 Å². The second-order valence-electron chi connectivity index (χ2n) is 3.95. The average Bonchev–Trinajstić information content (AvgIpc) is 2.36. The number of amidine groups is 1. The number of nitrogens with two attached hydrogens (primary N) is 1. The number of nitrogen functional groups attached to an aromatic ring is 1. The predicted molar refractivity (Wildman–Crippen MR) is 85.8 cm³/mol. The van der Waals surface area contributed by atoms with Gasteiger partial charge in [0, 0.05) is 14.9 Å². The maximum Gasteiger partial charge on any atom is 0.139 e. The van der Waals surface area contributed by atoms with E-state index in [1.54, 1.807) is 24.3 Å². The lowest BCUT2D eigenvalue weighted by Gasteiger charge is -2.13. The van der Waals surface area contributed by atoms with Crippen LogP contribution < -0.4 is 10.5 Å². The van der Waals surface area contributed by atoms with Crippen molar-refractivity contribution in [3.8, 4) is 11.5 Å². The first-order valence-corrected chi connectivity index (χ1v) is 7.64. The van der Waals surface area contributed by atoms with Crippen LogP contribution in [0.1, 0.15) is 5.56 Å². The molecule has 6 heteroatoms. The highest BCUT2D eigenvalue weighted by Crippen LogP contribution is 2.33. The van der Waals surface area contributed by atoms with Gasteiger partial charge in [0.15, 0.2) is 0 Å². The standard InChI is InChI=1S/C14H12Cl2N2OS/c1-20-12-4-2-3-11(13(12)14(17)18)19-10-6-8(15)5-9(16)7-10/h2-7H,1H3,(H3,17,18). The molecule has 0 fully saturated rings. The number of thioether (sulfide) groups is 1. The van der Waals surface area contributed by atoms with Crippen molar-refractivity contribution in [1.29, 1.82) is 5.41 Å². The van der Waals surface area contributed by atoms with E-state index in [1.807, 2.05) is 18.4 Å². The number of ether oxygens (including phenoxy) is 1. The third-order valence-electron chi connectivity index (χ3n) is 2.54. The van der Waals surface area contributed by atoms with E-state index in [9.17, 15) is 0 Å². The van der Waals surface area contributed by atoms with Gasteiger partial charge in [0.2, 0.25) is 0 Å². The molecule has 0 aliphatic rings. The van der Waals surface area contributed by atoms with Gasteiger partial charge in [0.05, 0.1) is 5.56 Å². The van der Waals surface area contributed by atoms with Crippen molar-refractivity contribution in [1.82, 2.24) is 0 Å². The van der Waals surface area contributed by atoms with Gasteiger partial charge in [-0.15, -0.1) is 11.8 Å². The second kappa shape index (κ2) is 6.39. The highest BCUT2D eigenvalue weighted by atomic mass is 35.5. The number of hydrogen-bond donors (Lipinski definition) is 2. The molecule has 0 aliphatic carbocycles. The van der Waals surface area contributed by atoms with E-state index in [0.717, 1.165) is 4.90 Å². The van der Waals surface area contributed by atoms with Crippen LogP contribution in [0.2, 0.25) is 10.0 Å². The Balaban J connectivity index is 2.45. The van der Waals surface area contributed by atoms with Gasteiger partial charge in [-0.05, 0) is 36.6 Å². The van der Waals surface area contributed by atoms with Crippen molar-refractivity contribution < 1.29 is 4.74 Å². The number of hydrogen-bond acceptors (Lipinski definition) is 3. The number of rotatable bonds is 4. The quantitative estimate of drug-likeness (QED) is 0.482. The summed E-state index contributed by atoms with van der Waals surface area (Å²) in [5.74, 6) is 0.962. The number of halogens is 2. The smallest absolute Gasteiger partial charge is 0.139 e. The summed E-state index contributed by atoms with van der Waals surface area (Å²) in [7, 11) is 0. The van der Waals surface area contributed by atoms with Gasteiger partial charge in [-0.3, -0.25) is 5.41 Å². The van der Waals surface area contributed by atoms with Crippen molar-refractivity contribution in [2.75, 3.05) is 6.26 Å². The fourth-order valence-electron chi connectivity index (χ4n) is 1.75. The van der Waals surface area contributed by atoms with Gasteiger partial charge in [-0.1, -0.05) is 29.3 Å². The Morgan fingerprint density at radius 2 is 1.85 bits per heavy atom. The first-order chi connectivity index (χ1) is 9.51. The molecule has 0 radical (unpaired) electrons. The summed E-state index contributed by atoms with van der Waals surface area (Å²) < 4.78 is 5.77. The number of benzene rings is 2. The third-order valence-corrected chi connectivity index (χ3v) is 3.76. The van der Waals surface area contributed by atoms with Crippen molar-refractivity contribution in [3.05, 3.63) is 52.0 Å². The first-order valence-electron chi connectivity index (χ1n) is 5.66. The second-order valence-corrected chi connectivity index (χ2v) is 5.68. The molecule has 0 amide bonds. The van der Waals surface area contributed by atoms with Gasteiger partial charge in [0.1, 0.15) is 17.3 Å². The van der Waals surface area contributed by atoms with E-state index >= 15 is 0 Å². The van der Waals surface area contributed by atoms with Gasteiger partial charge in [0.25, 0.3) is 0 Å². The summed E-state index contributed by atoms with van der Waals surface area (Å²) in [6.07, 6.45) is 1.92. The largest absolute Gasteiger partial charge is 0.456 e. The Morgan fingerprint density at radius 1 is 1.20 bits per heavy atom. The van der Waals surface area contributed by atoms with Crippen LogP contribution in [-0.2, 0) is 0 Å². The molecule has 0 aliphatic heterocycles. The molecule has 0 heterocycles. The Morgan fingerprint density at radius 3 is 2.40 bits per heavy atom. The Kier molecular flexibility index (Phi) is 4.81. The van der Waals surface area contributed by atoms with E-state index in [1.165, 1.54) is 11.8 Å². The molecule has 2 aromatic rings. The minimum atomic E-state index is -0.0434. The molecule has 0 spiro atoms. The van der Waals surface area contributed by atoms with Crippen molar-refractivity contribution in [3.63, 3.8) is 0 Å². The molecule has 3 nitrogen and oxygen atoms in total. The van der Waals surface area contributed by atoms with Crippen LogP contribution in [0.3, 0.4) is 0 Å². The molecule has 3 N–H and O–H groups in total. The molecule has 20 heavy (non-hydrogen) atoms. The van der Waals surface area contributed by atoms with Crippen LogP contribution in [0.5, 0.6) is 11.5 Å². The van der Waals surface area contributed by atoms with Crippen LogP contribution >= 0.6 is 35.0 Å². The molecule has 0 aromatic heterocycles. The van der Waals surface area contributed by atoms with Crippen LogP contribution in [0.15, 0.2) is 41.3 Å². The van der Waals surface area contributed by atoms with E-state index in [2.05, 4.69) is 0 Å². The van der Waals surface area contributed by atoms with E-state index in [0.29, 0.717) is 27.1 Å². The van der Waals surface area contributed by atoms with E-state index in [-0.39, 0.29) is 5.84 Å². The summed E-state index contributed by atoms with van der Waals surface area (Å²) in [4.78, 5) is 0.878. The molecule has 104 valence electrons. The monoisotopic (exact) mass is 326 g/mol. The van der Waals surface area contributed by atoms with E-state index < -0.39 is 0 Å². The summed E-state index contributed by atoms with van der Waals surface area (Å²) in [5, 5.41) is 8.67. The molecule has 2 rings (SSSR count). The minimum absolute atomic E-state index is 0.0434. The maximum atomic E-state index is 7.70. The van der Waals surface area contributed by atoms with Gasteiger partial charge in [-0.25, -0.2) is 0 Å². The molecule has 0 saturated carbocycles. The fourth-order valence-corrected chi connectivity index (χ4v) is 2.88. The molecule has 0 unspecified atom stereocenters. The lowest BCUT2D eigenvalue weighted by Crippen LogP contribution is -2.13.